The van der Waals surface area contributed by atoms with Gasteiger partial charge in [0, 0.05) is 11.5 Å². The Labute approximate surface area is 112 Å². The summed E-state index contributed by atoms with van der Waals surface area (Å²) in [6.45, 7) is 2.88. The summed E-state index contributed by atoms with van der Waals surface area (Å²) in [6.07, 6.45) is 2.87. The fraction of sp³-hybridized carbons (Fsp3) is 0.188. The van der Waals surface area contributed by atoms with E-state index >= 15 is 0 Å². The average Bonchev–Trinajstić information content (AvgIpc) is 2.81. The minimum atomic E-state index is 0.275. The highest BCUT2D eigenvalue weighted by Gasteiger charge is 2.04. The summed E-state index contributed by atoms with van der Waals surface area (Å²) in [5, 5.41) is 15.0. The lowest BCUT2D eigenvalue weighted by Crippen LogP contribution is -2.01. The Morgan fingerprint density at radius 1 is 1.11 bits per heavy atom. The molecule has 0 unspecified atom stereocenters. The zero-order chi connectivity index (χ0) is 13.2. The second-order valence-corrected chi connectivity index (χ2v) is 4.72. The second kappa shape index (κ2) is 4.76. The van der Waals surface area contributed by atoms with Crippen LogP contribution in [0, 0.1) is 0 Å². The third kappa shape index (κ3) is 2.32. The van der Waals surface area contributed by atoms with Crippen LogP contribution in [0.2, 0.25) is 0 Å². The van der Waals surface area contributed by atoms with E-state index in [0.717, 1.165) is 23.9 Å². The molecule has 96 valence electrons. The first-order valence-electron chi connectivity index (χ1n) is 6.48. The summed E-state index contributed by atoms with van der Waals surface area (Å²) >= 11 is 0. The predicted molar refractivity (Wildman–Crippen MR) is 76.3 cm³/mol. The number of aromatic nitrogens is 2. The first-order chi connectivity index (χ1) is 9.26. The lowest BCUT2D eigenvalue weighted by Gasteiger charge is -2.06. The van der Waals surface area contributed by atoms with Crippen LogP contribution >= 0.6 is 0 Å². The molecule has 3 rings (SSSR count). The highest BCUT2D eigenvalue weighted by atomic mass is 16.3. The van der Waals surface area contributed by atoms with Crippen LogP contribution in [0.5, 0.6) is 5.75 Å². The monoisotopic (exact) mass is 252 g/mol. The molecular weight excluding hydrogens is 236 g/mol. The zero-order valence-corrected chi connectivity index (χ0v) is 10.9. The van der Waals surface area contributed by atoms with Crippen molar-refractivity contribution in [2.75, 3.05) is 0 Å². The summed E-state index contributed by atoms with van der Waals surface area (Å²) < 4.78 is 1.92. The number of benzene rings is 2. The number of aromatic hydroxyl groups is 1. The van der Waals surface area contributed by atoms with Crippen molar-refractivity contribution in [1.29, 1.82) is 0 Å². The van der Waals surface area contributed by atoms with Crippen LogP contribution in [-0.2, 0) is 13.0 Å². The van der Waals surface area contributed by atoms with E-state index in [9.17, 15) is 5.11 Å². The molecule has 1 aromatic heterocycles. The Hall–Kier alpha value is -2.29. The molecule has 0 amide bonds. The van der Waals surface area contributed by atoms with Crippen LogP contribution in [0.3, 0.4) is 0 Å². The highest BCUT2D eigenvalue weighted by Crippen LogP contribution is 2.20. The van der Waals surface area contributed by atoms with E-state index in [4.69, 9.17) is 0 Å². The molecule has 0 radical (unpaired) electrons. The van der Waals surface area contributed by atoms with Gasteiger partial charge in [-0.2, -0.15) is 5.10 Å². The van der Waals surface area contributed by atoms with Gasteiger partial charge in [0.2, 0.25) is 0 Å². The molecule has 1 heterocycles. The van der Waals surface area contributed by atoms with Crippen LogP contribution in [0.25, 0.3) is 10.9 Å². The number of aryl methyl sites for hydroxylation is 1. The lowest BCUT2D eigenvalue weighted by atomic mass is 10.1. The van der Waals surface area contributed by atoms with Crippen LogP contribution in [0.15, 0.2) is 48.7 Å². The smallest absolute Gasteiger partial charge is 0.117 e. The third-order valence-electron chi connectivity index (χ3n) is 3.36. The van der Waals surface area contributed by atoms with Crippen LogP contribution in [0.1, 0.15) is 18.1 Å². The topological polar surface area (TPSA) is 38.0 Å². The number of fused-ring (bicyclic) bond motifs is 1. The Bertz CT molecular complexity index is 716. The normalized spacial score (nSPS) is 11.0. The van der Waals surface area contributed by atoms with Gasteiger partial charge in [-0.3, -0.25) is 4.68 Å². The van der Waals surface area contributed by atoms with Crippen LogP contribution < -0.4 is 0 Å². The molecule has 0 saturated carbocycles. The van der Waals surface area contributed by atoms with Gasteiger partial charge in [0.05, 0.1) is 18.3 Å². The van der Waals surface area contributed by atoms with Crippen molar-refractivity contribution in [3.63, 3.8) is 0 Å². The fourth-order valence-electron chi connectivity index (χ4n) is 2.31. The summed E-state index contributed by atoms with van der Waals surface area (Å²) in [4.78, 5) is 0. The van der Waals surface area contributed by atoms with Crippen molar-refractivity contribution in [3.8, 4) is 5.75 Å². The van der Waals surface area contributed by atoms with E-state index < -0.39 is 0 Å². The van der Waals surface area contributed by atoms with Crippen LogP contribution in [-0.4, -0.2) is 14.9 Å². The van der Waals surface area contributed by atoms with Gasteiger partial charge in [0.25, 0.3) is 0 Å². The van der Waals surface area contributed by atoms with E-state index in [2.05, 4.69) is 36.3 Å². The second-order valence-electron chi connectivity index (χ2n) is 4.72. The molecular formula is C16H16N2O. The van der Waals surface area contributed by atoms with Gasteiger partial charge in [-0.15, -0.1) is 0 Å². The van der Waals surface area contributed by atoms with Gasteiger partial charge in [-0.1, -0.05) is 31.2 Å². The molecule has 0 aliphatic rings. The molecule has 0 bridgehead atoms. The molecule has 0 saturated heterocycles. The van der Waals surface area contributed by atoms with Crippen molar-refractivity contribution in [2.24, 2.45) is 0 Å². The summed E-state index contributed by atoms with van der Waals surface area (Å²) in [7, 11) is 0. The third-order valence-corrected chi connectivity index (χ3v) is 3.36. The standard InChI is InChI=1S/C16H16N2O/c1-2-12-4-3-5-13(8-12)11-18-16-9-15(19)7-6-14(16)10-17-18/h3-10,19H,2,11H2,1H3. The van der Waals surface area contributed by atoms with Gasteiger partial charge in [-0.25, -0.2) is 0 Å². The Balaban J connectivity index is 1.98. The van der Waals surface area contributed by atoms with Crippen molar-refractivity contribution < 1.29 is 5.11 Å². The van der Waals surface area contributed by atoms with Crippen molar-refractivity contribution >= 4 is 10.9 Å². The first-order valence-corrected chi connectivity index (χ1v) is 6.48. The number of phenols is 1. The zero-order valence-electron chi connectivity index (χ0n) is 10.9. The van der Waals surface area contributed by atoms with Crippen molar-refractivity contribution in [1.82, 2.24) is 9.78 Å². The van der Waals surface area contributed by atoms with Gasteiger partial charge >= 0.3 is 0 Å². The largest absolute Gasteiger partial charge is 0.508 e. The molecule has 1 N–H and O–H groups in total. The Morgan fingerprint density at radius 3 is 2.79 bits per heavy atom. The number of nitrogens with zero attached hydrogens (tertiary/aromatic N) is 2. The Morgan fingerprint density at radius 2 is 1.95 bits per heavy atom. The van der Waals surface area contributed by atoms with Gasteiger partial charge in [-0.05, 0) is 29.7 Å². The van der Waals surface area contributed by atoms with Gasteiger partial charge in [0.1, 0.15) is 5.75 Å². The summed E-state index contributed by atoms with van der Waals surface area (Å²) in [5.41, 5.74) is 3.52. The number of phenolic OH excluding ortho intramolecular Hbond substituents is 1. The van der Waals surface area contributed by atoms with Gasteiger partial charge in [0.15, 0.2) is 0 Å². The van der Waals surface area contributed by atoms with Crippen molar-refractivity contribution in [2.45, 2.75) is 19.9 Å². The first kappa shape index (κ1) is 11.8. The van der Waals surface area contributed by atoms with Gasteiger partial charge < -0.3 is 5.11 Å². The molecule has 2 aromatic carbocycles. The minimum absolute atomic E-state index is 0.275. The maximum absolute atomic E-state index is 9.58. The van der Waals surface area contributed by atoms with Crippen molar-refractivity contribution in [3.05, 3.63) is 59.8 Å². The van der Waals surface area contributed by atoms with E-state index in [-0.39, 0.29) is 5.75 Å². The molecule has 0 aliphatic carbocycles. The number of hydrogen-bond acceptors (Lipinski definition) is 2. The Kier molecular flexibility index (Phi) is 2.95. The minimum Gasteiger partial charge on any atom is -0.508 e. The number of rotatable bonds is 3. The number of hydrogen-bond donors (Lipinski definition) is 1. The molecule has 0 spiro atoms. The van der Waals surface area contributed by atoms with E-state index in [0.29, 0.717) is 0 Å². The quantitative estimate of drug-likeness (QED) is 0.776. The molecule has 19 heavy (non-hydrogen) atoms. The summed E-state index contributed by atoms with van der Waals surface area (Å²) in [6, 6.07) is 13.9. The van der Waals surface area contributed by atoms with E-state index in [1.807, 2.05) is 16.9 Å². The SMILES string of the molecule is CCc1cccc(Cn2ncc3ccc(O)cc32)c1. The summed E-state index contributed by atoms with van der Waals surface area (Å²) in [5.74, 6) is 0.275. The molecule has 3 aromatic rings. The molecule has 0 fully saturated rings. The van der Waals surface area contributed by atoms with E-state index in [1.165, 1.54) is 11.1 Å². The molecule has 0 aliphatic heterocycles. The van der Waals surface area contributed by atoms with E-state index in [1.54, 1.807) is 12.1 Å². The highest BCUT2D eigenvalue weighted by molar-refractivity contribution is 5.80. The fourth-order valence-corrected chi connectivity index (χ4v) is 2.31. The predicted octanol–water partition coefficient (Wildman–Crippen LogP) is 3.35. The molecule has 0 atom stereocenters. The molecule has 3 nitrogen and oxygen atoms in total. The lowest BCUT2D eigenvalue weighted by molar-refractivity contribution is 0.475. The molecule has 3 heteroatoms. The van der Waals surface area contributed by atoms with Crippen LogP contribution in [0.4, 0.5) is 0 Å². The maximum Gasteiger partial charge on any atom is 0.117 e. The maximum atomic E-state index is 9.58. The average molecular weight is 252 g/mol.